The fourth-order valence-electron chi connectivity index (χ4n) is 3.81. The van der Waals surface area contributed by atoms with Crippen LogP contribution in [0.3, 0.4) is 0 Å². The summed E-state index contributed by atoms with van der Waals surface area (Å²) in [4.78, 5) is 7.33. The number of hydrogen-bond acceptors (Lipinski definition) is 4. The Hall–Kier alpha value is -0.850. The van der Waals surface area contributed by atoms with Crippen molar-refractivity contribution in [3.05, 3.63) is 0 Å². The van der Waals surface area contributed by atoms with E-state index < -0.39 is 0 Å². The number of ether oxygens (including phenoxy) is 2. The van der Waals surface area contributed by atoms with Gasteiger partial charge in [0.15, 0.2) is 5.96 Å². The Labute approximate surface area is 166 Å². The summed E-state index contributed by atoms with van der Waals surface area (Å²) >= 11 is 0. The first-order valence-corrected chi connectivity index (χ1v) is 11.1. The van der Waals surface area contributed by atoms with E-state index in [0.29, 0.717) is 12.0 Å². The van der Waals surface area contributed by atoms with E-state index in [1.807, 2.05) is 0 Å². The van der Waals surface area contributed by atoms with Crippen LogP contribution in [0.1, 0.15) is 52.9 Å². The predicted molar refractivity (Wildman–Crippen MR) is 112 cm³/mol. The molecule has 2 saturated heterocycles. The minimum Gasteiger partial charge on any atom is -0.381 e. The minimum atomic E-state index is 0.538. The fraction of sp³-hybridized carbons (Fsp3) is 0.952. The predicted octanol–water partition coefficient (Wildman–Crippen LogP) is 2.50. The molecule has 0 aliphatic carbocycles. The molecule has 0 spiro atoms. The van der Waals surface area contributed by atoms with Crippen LogP contribution in [0.4, 0.5) is 0 Å². The molecule has 2 heterocycles. The van der Waals surface area contributed by atoms with Crippen molar-refractivity contribution in [2.75, 3.05) is 59.2 Å². The first-order chi connectivity index (χ1) is 13.2. The summed E-state index contributed by atoms with van der Waals surface area (Å²) in [5, 5.41) is 7.02. The quantitative estimate of drug-likeness (QED) is 0.345. The summed E-state index contributed by atoms with van der Waals surface area (Å²) < 4.78 is 11.2. The summed E-state index contributed by atoms with van der Waals surface area (Å²) in [5.74, 6) is 2.40. The molecule has 0 amide bonds. The van der Waals surface area contributed by atoms with Gasteiger partial charge in [0, 0.05) is 65.2 Å². The lowest BCUT2D eigenvalue weighted by Crippen LogP contribution is -2.49. The van der Waals surface area contributed by atoms with Gasteiger partial charge in [-0.05, 0) is 50.9 Å². The van der Waals surface area contributed by atoms with E-state index in [9.17, 15) is 0 Å². The third-order valence-electron chi connectivity index (χ3n) is 5.31. The largest absolute Gasteiger partial charge is 0.381 e. The van der Waals surface area contributed by atoms with Gasteiger partial charge in [0.2, 0.25) is 0 Å². The maximum Gasteiger partial charge on any atom is 0.191 e. The van der Waals surface area contributed by atoms with Crippen molar-refractivity contribution in [1.82, 2.24) is 15.5 Å². The van der Waals surface area contributed by atoms with Gasteiger partial charge in [0.25, 0.3) is 0 Å². The number of guanidine groups is 1. The maximum absolute atomic E-state index is 5.84. The highest BCUT2D eigenvalue weighted by molar-refractivity contribution is 5.80. The van der Waals surface area contributed by atoms with Crippen LogP contribution < -0.4 is 10.6 Å². The zero-order chi connectivity index (χ0) is 19.3. The van der Waals surface area contributed by atoms with Crippen molar-refractivity contribution < 1.29 is 9.47 Å². The third-order valence-corrected chi connectivity index (χ3v) is 5.31. The molecule has 0 saturated carbocycles. The van der Waals surface area contributed by atoms with Crippen LogP contribution in [0.25, 0.3) is 0 Å². The Kier molecular flexibility index (Phi) is 11.1. The number of nitrogens with one attached hydrogen (secondary N) is 2. The maximum atomic E-state index is 5.84. The number of nitrogens with zero attached hydrogens (tertiary/aromatic N) is 2. The molecule has 0 aromatic rings. The van der Waals surface area contributed by atoms with E-state index in [4.69, 9.17) is 14.5 Å². The van der Waals surface area contributed by atoms with Crippen molar-refractivity contribution >= 4 is 5.96 Å². The van der Waals surface area contributed by atoms with Gasteiger partial charge in [-0.3, -0.25) is 4.99 Å². The fourth-order valence-corrected chi connectivity index (χ4v) is 3.81. The second kappa shape index (κ2) is 13.3. The Morgan fingerprint density at radius 1 is 1.19 bits per heavy atom. The third kappa shape index (κ3) is 9.77. The number of hydrogen-bond donors (Lipinski definition) is 2. The van der Waals surface area contributed by atoms with Gasteiger partial charge in [-0.15, -0.1) is 0 Å². The average Bonchev–Trinajstić information content (AvgIpc) is 2.66. The Morgan fingerprint density at radius 2 is 1.93 bits per heavy atom. The van der Waals surface area contributed by atoms with Gasteiger partial charge in [-0.25, -0.2) is 0 Å². The monoisotopic (exact) mass is 382 g/mol. The van der Waals surface area contributed by atoms with E-state index in [-0.39, 0.29) is 0 Å². The topological polar surface area (TPSA) is 58.1 Å². The van der Waals surface area contributed by atoms with Gasteiger partial charge in [0.1, 0.15) is 0 Å². The molecule has 158 valence electrons. The highest BCUT2D eigenvalue weighted by Gasteiger charge is 2.20. The Balaban J connectivity index is 1.59. The molecular weight excluding hydrogens is 340 g/mol. The van der Waals surface area contributed by atoms with Crippen molar-refractivity contribution in [2.45, 2.75) is 58.9 Å². The van der Waals surface area contributed by atoms with Gasteiger partial charge in [-0.2, -0.15) is 0 Å². The van der Waals surface area contributed by atoms with Crippen LogP contribution in [0.2, 0.25) is 0 Å². The Morgan fingerprint density at radius 3 is 2.59 bits per heavy atom. The highest BCUT2D eigenvalue weighted by Crippen LogP contribution is 2.15. The van der Waals surface area contributed by atoms with Crippen LogP contribution in [0.5, 0.6) is 0 Å². The molecule has 2 N–H and O–H groups in total. The van der Waals surface area contributed by atoms with E-state index in [1.165, 1.54) is 32.5 Å². The molecule has 27 heavy (non-hydrogen) atoms. The molecule has 0 atom stereocenters. The molecule has 2 aliphatic rings. The summed E-state index contributed by atoms with van der Waals surface area (Å²) in [5.41, 5.74) is 0. The molecule has 0 radical (unpaired) electrons. The summed E-state index contributed by atoms with van der Waals surface area (Å²) in [6, 6.07) is 0.538. The zero-order valence-electron chi connectivity index (χ0n) is 17.8. The summed E-state index contributed by atoms with van der Waals surface area (Å²) in [6.07, 6.45) is 5.66. The molecule has 0 aromatic carbocycles. The number of aliphatic imine (C=N–C) groups is 1. The SMILES string of the molecule is CCNC(=NCCCOCC1CCOCC1)NC1CCN(CC(C)C)CC1. The molecule has 2 fully saturated rings. The van der Waals surface area contributed by atoms with Gasteiger partial charge < -0.3 is 25.0 Å². The van der Waals surface area contributed by atoms with E-state index >= 15 is 0 Å². The molecule has 0 aromatic heterocycles. The van der Waals surface area contributed by atoms with Crippen molar-refractivity contribution in [3.63, 3.8) is 0 Å². The van der Waals surface area contributed by atoms with E-state index in [1.54, 1.807) is 0 Å². The van der Waals surface area contributed by atoms with Gasteiger partial charge in [-0.1, -0.05) is 13.8 Å². The molecule has 6 nitrogen and oxygen atoms in total. The molecule has 0 unspecified atom stereocenters. The van der Waals surface area contributed by atoms with Crippen LogP contribution in [-0.2, 0) is 9.47 Å². The molecule has 0 bridgehead atoms. The second-order valence-corrected chi connectivity index (χ2v) is 8.36. The number of likely N-dealkylation sites (tertiary alicyclic amines) is 1. The number of rotatable bonds is 10. The van der Waals surface area contributed by atoms with Crippen LogP contribution in [0.15, 0.2) is 4.99 Å². The smallest absolute Gasteiger partial charge is 0.191 e. The first kappa shape index (κ1) is 22.4. The lowest BCUT2D eigenvalue weighted by molar-refractivity contribution is 0.0205. The van der Waals surface area contributed by atoms with Crippen molar-refractivity contribution in [2.24, 2.45) is 16.8 Å². The van der Waals surface area contributed by atoms with E-state index in [2.05, 4.69) is 36.3 Å². The minimum absolute atomic E-state index is 0.538. The average molecular weight is 383 g/mol. The molecule has 6 heteroatoms. The number of piperidine rings is 1. The Bertz CT molecular complexity index is 403. The molecule has 2 aliphatic heterocycles. The normalized spacial score (nSPS) is 21.0. The van der Waals surface area contributed by atoms with Gasteiger partial charge >= 0.3 is 0 Å². The van der Waals surface area contributed by atoms with E-state index in [0.717, 1.165) is 70.7 Å². The first-order valence-electron chi connectivity index (χ1n) is 11.1. The highest BCUT2D eigenvalue weighted by atomic mass is 16.5. The summed E-state index contributed by atoms with van der Waals surface area (Å²) in [6.45, 7) is 15.5. The zero-order valence-corrected chi connectivity index (χ0v) is 17.8. The van der Waals surface area contributed by atoms with Crippen LogP contribution >= 0.6 is 0 Å². The molecular formula is C21H42N4O2. The van der Waals surface area contributed by atoms with Crippen LogP contribution in [-0.4, -0.2) is 76.1 Å². The lowest BCUT2D eigenvalue weighted by atomic mass is 10.0. The lowest BCUT2D eigenvalue weighted by Gasteiger charge is -2.34. The van der Waals surface area contributed by atoms with Crippen molar-refractivity contribution in [3.8, 4) is 0 Å². The molecule has 2 rings (SSSR count). The standard InChI is InChI=1S/C21H42N4O2/c1-4-22-21(24-20-6-11-25(12-7-20)16-18(2)3)23-10-5-13-27-17-19-8-14-26-15-9-19/h18-20H,4-17H2,1-3H3,(H2,22,23,24). The second-order valence-electron chi connectivity index (χ2n) is 8.36. The van der Waals surface area contributed by atoms with Gasteiger partial charge in [0.05, 0.1) is 0 Å². The van der Waals surface area contributed by atoms with Crippen LogP contribution in [0, 0.1) is 11.8 Å². The summed E-state index contributed by atoms with van der Waals surface area (Å²) in [7, 11) is 0. The van der Waals surface area contributed by atoms with Crippen molar-refractivity contribution in [1.29, 1.82) is 0 Å².